The molecule has 8 nitrogen and oxygen atoms in total. The van der Waals surface area contributed by atoms with E-state index in [0.717, 1.165) is 12.8 Å². The minimum atomic E-state index is -3.22. The molecule has 1 atom stereocenters. The standard InChI is InChI=1S/C12H19N5O3S/c1-16(12-10(11(13)18)6-14-8-15-12)9-4-3-5-17(7-9)21(2,19)20/h6,8-9H,3-5,7H2,1-2H3,(H2,13,18). The lowest BCUT2D eigenvalue weighted by Gasteiger charge is -2.37. The number of piperidine rings is 1. The van der Waals surface area contributed by atoms with Gasteiger partial charge in [0.25, 0.3) is 5.91 Å². The van der Waals surface area contributed by atoms with Crippen LogP contribution in [0.15, 0.2) is 12.5 Å². The van der Waals surface area contributed by atoms with Crippen LogP contribution in [0.2, 0.25) is 0 Å². The topological polar surface area (TPSA) is 109 Å². The first kappa shape index (κ1) is 15.6. The van der Waals surface area contributed by atoms with Gasteiger partial charge in [0.2, 0.25) is 10.0 Å². The van der Waals surface area contributed by atoms with Crippen molar-refractivity contribution in [2.45, 2.75) is 18.9 Å². The zero-order valence-corrected chi connectivity index (χ0v) is 12.9. The molecule has 0 aromatic carbocycles. The third-order valence-corrected chi connectivity index (χ3v) is 4.94. The molecule has 0 saturated carbocycles. The molecule has 1 saturated heterocycles. The van der Waals surface area contributed by atoms with E-state index in [2.05, 4.69) is 9.97 Å². The molecule has 1 aromatic heterocycles. The third-order valence-electron chi connectivity index (χ3n) is 3.67. The van der Waals surface area contributed by atoms with Crippen LogP contribution in [0.5, 0.6) is 0 Å². The lowest BCUT2D eigenvalue weighted by atomic mass is 10.1. The van der Waals surface area contributed by atoms with Crippen LogP contribution in [-0.4, -0.2) is 61.0 Å². The van der Waals surface area contributed by atoms with Gasteiger partial charge in [0.05, 0.1) is 11.8 Å². The van der Waals surface area contributed by atoms with Gasteiger partial charge >= 0.3 is 0 Å². The van der Waals surface area contributed by atoms with Gasteiger partial charge < -0.3 is 10.6 Å². The van der Waals surface area contributed by atoms with Gasteiger partial charge in [0, 0.05) is 32.4 Å². The number of nitrogens with two attached hydrogens (primary N) is 1. The average molecular weight is 313 g/mol. The number of aromatic nitrogens is 2. The van der Waals surface area contributed by atoms with Gasteiger partial charge in [-0.25, -0.2) is 22.7 Å². The molecule has 1 aliphatic rings. The Bertz CT molecular complexity index is 634. The second kappa shape index (κ2) is 5.94. The molecule has 116 valence electrons. The molecule has 21 heavy (non-hydrogen) atoms. The quantitative estimate of drug-likeness (QED) is 0.797. The summed E-state index contributed by atoms with van der Waals surface area (Å²) in [5.74, 6) is -0.175. The number of sulfonamides is 1. The Morgan fingerprint density at radius 2 is 2.24 bits per heavy atom. The van der Waals surface area contributed by atoms with E-state index >= 15 is 0 Å². The maximum atomic E-state index is 11.7. The summed E-state index contributed by atoms with van der Waals surface area (Å²) in [5, 5.41) is 0. The number of likely N-dealkylation sites (N-methyl/N-ethyl adjacent to an activating group) is 1. The van der Waals surface area contributed by atoms with Gasteiger partial charge in [0.1, 0.15) is 12.1 Å². The summed E-state index contributed by atoms with van der Waals surface area (Å²) in [7, 11) is -1.44. The molecular weight excluding hydrogens is 294 g/mol. The van der Waals surface area contributed by atoms with Crippen molar-refractivity contribution in [3.63, 3.8) is 0 Å². The van der Waals surface area contributed by atoms with Crippen LogP contribution >= 0.6 is 0 Å². The van der Waals surface area contributed by atoms with Crippen molar-refractivity contribution in [3.05, 3.63) is 18.1 Å². The summed E-state index contributed by atoms with van der Waals surface area (Å²) in [5.41, 5.74) is 5.56. The van der Waals surface area contributed by atoms with Crippen LogP contribution in [0.3, 0.4) is 0 Å². The zero-order valence-electron chi connectivity index (χ0n) is 12.1. The molecule has 2 heterocycles. The van der Waals surface area contributed by atoms with Gasteiger partial charge in [-0.05, 0) is 12.8 Å². The van der Waals surface area contributed by atoms with E-state index in [9.17, 15) is 13.2 Å². The number of primary amides is 1. The molecular formula is C12H19N5O3S. The van der Waals surface area contributed by atoms with E-state index in [-0.39, 0.29) is 11.6 Å². The highest BCUT2D eigenvalue weighted by Gasteiger charge is 2.30. The first-order valence-electron chi connectivity index (χ1n) is 6.58. The summed E-state index contributed by atoms with van der Waals surface area (Å²) < 4.78 is 24.8. The van der Waals surface area contributed by atoms with Gasteiger partial charge in [-0.15, -0.1) is 0 Å². The van der Waals surface area contributed by atoms with E-state index in [1.54, 1.807) is 11.9 Å². The fraction of sp³-hybridized carbons (Fsp3) is 0.583. The second-order valence-corrected chi connectivity index (χ2v) is 7.13. The predicted octanol–water partition coefficient (Wildman–Crippen LogP) is -0.564. The number of amides is 1. The number of hydrogen-bond acceptors (Lipinski definition) is 6. The van der Waals surface area contributed by atoms with Crippen molar-refractivity contribution in [1.29, 1.82) is 0 Å². The Morgan fingerprint density at radius 3 is 2.86 bits per heavy atom. The molecule has 1 aromatic rings. The number of hydrogen-bond donors (Lipinski definition) is 1. The number of anilines is 1. The van der Waals surface area contributed by atoms with Crippen molar-refractivity contribution in [3.8, 4) is 0 Å². The van der Waals surface area contributed by atoms with E-state index in [1.165, 1.54) is 23.1 Å². The summed E-state index contributed by atoms with van der Waals surface area (Å²) in [6, 6.07) is -0.0542. The smallest absolute Gasteiger partial charge is 0.254 e. The Morgan fingerprint density at radius 1 is 1.52 bits per heavy atom. The molecule has 1 fully saturated rings. The zero-order chi connectivity index (χ0) is 15.6. The van der Waals surface area contributed by atoms with E-state index in [1.807, 2.05) is 0 Å². The van der Waals surface area contributed by atoms with Crippen LogP contribution in [-0.2, 0) is 10.0 Å². The molecule has 0 spiro atoms. The molecule has 1 aliphatic heterocycles. The molecule has 0 bridgehead atoms. The summed E-state index contributed by atoms with van der Waals surface area (Å²) in [4.78, 5) is 21.2. The first-order chi connectivity index (χ1) is 9.80. The Kier molecular flexibility index (Phi) is 4.43. The Balaban J connectivity index is 2.24. The number of nitrogens with zero attached hydrogens (tertiary/aromatic N) is 4. The summed E-state index contributed by atoms with van der Waals surface area (Å²) in [6.07, 6.45) is 5.51. The van der Waals surface area contributed by atoms with Gasteiger partial charge in [-0.1, -0.05) is 0 Å². The molecule has 1 unspecified atom stereocenters. The highest BCUT2D eigenvalue weighted by Crippen LogP contribution is 2.23. The molecule has 9 heteroatoms. The lowest BCUT2D eigenvalue weighted by molar-refractivity contribution is 0.1000. The summed E-state index contributed by atoms with van der Waals surface area (Å²) >= 11 is 0. The van der Waals surface area contributed by atoms with Crippen LogP contribution in [0.25, 0.3) is 0 Å². The minimum Gasteiger partial charge on any atom is -0.365 e. The summed E-state index contributed by atoms with van der Waals surface area (Å²) in [6.45, 7) is 0.896. The minimum absolute atomic E-state index is 0.0542. The highest BCUT2D eigenvalue weighted by atomic mass is 32.2. The van der Waals surface area contributed by atoms with E-state index < -0.39 is 15.9 Å². The molecule has 1 amide bonds. The maximum Gasteiger partial charge on any atom is 0.254 e. The normalized spacial score (nSPS) is 20.2. The van der Waals surface area contributed by atoms with E-state index in [0.29, 0.717) is 18.9 Å². The third kappa shape index (κ3) is 3.48. The Labute approximate surface area is 124 Å². The van der Waals surface area contributed by atoms with Crippen molar-refractivity contribution >= 4 is 21.7 Å². The van der Waals surface area contributed by atoms with Crippen molar-refractivity contribution in [2.24, 2.45) is 5.73 Å². The molecule has 0 aliphatic carbocycles. The number of carbonyl (C=O) groups excluding carboxylic acids is 1. The maximum absolute atomic E-state index is 11.7. The van der Waals surface area contributed by atoms with Crippen molar-refractivity contribution < 1.29 is 13.2 Å². The lowest BCUT2D eigenvalue weighted by Crippen LogP contribution is -2.49. The fourth-order valence-corrected chi connectivity index (χ4v) is 3.39. The fourth-order valence-electron chi connectivity index (χ4n) is 2.49. The predicted molar refractivity (Wildman–Crippen MR) is 78.4 cm³/mol. The highest BCUT2D eigenvalue weighted by molar-refractivity contribution is 7.88. The Hall–Kier alpha value is -1.74. The van der Waals surface area contributed by atoms with Crippen LogP contribution in [0.4, 0.5) is 5.82 Å². The van der Waals surface area contributed by atoms with Crippen molar-refractivity contribution in [2.75, 3.05) is 31.3 Å². The molecule has 2 N–H and O–H groups in total. The van der Waals surface area contributed by atoms with Gasteiger partial charge in [-0.2, -0.15) is 0 Å². The van der Waals surface area contributed by atoms with Gasteiger partial charge in [-0.3, -0.25) is 4.79 Å². The van der Waals surface area contributed by atoms with Crippen molar-refractivity contribution in [1.82, 2.24) is 14.3 Å². The van der Waals surface area contributed by atoms with Crippen LogP contribution < -0.4 is 10.6 Å². The SMILES string of the molecule is CN(c1ncncc1C(N)=O)C1CCCN(S(C)(=O)=O)C1. The number of rotatable bonds is 4. The second-order valence-electron chi connectivity index (χ2n) is 5.15. The number of carbonyl (C=O) groups is 1. The molecule has 0 radical (unpaired) electrons. The van der Waals surface area contributed by atoms with Crippen LogP contribution in [0.1, 0.15) is 23.2 Å². The van der Waals surface area contributed by atoms with Crippen LogP contribution in [0, 0.1) is 0 Å². The first-order valence-corrected chi connectivity index (χ1v) is 8.43. The monoisotopic (exact) mass is 313 g/mol. The molecule has 2 rings (SSSR count). The van der Waals surface area contributed by atoms with E-state index in [4.69, 9.17) is 5.73 Å². The van der Waals surface area contributed by atoms with Gasteiger partial charge in [0.15, 0.2) is 0 Å². The average Bonchev–Trinajstić information content (AvgIpc) is 2.45. The largest absolute Gasteiger partial charge is 0.365 e.